The van der Waals surface area contributed by atoms with Crippen LogP contribution in [0.25, 0.3) is 0 Å². The quantitative estimate of drug-likeness (QED) is 0.622. The van der Waals surface area contributed by atoms with Gasteiger partial charge >= 0.3 is 0 Å². The molecule has 0 spiro atoms. The molecule has 0 aliphatic rings. The fourth-order valence-corrected chi connectivity index (χ4v) is 3.06. The van der Waals surface area contributed by atoms with Gasteiger partial charge in [-0.05, 0) is 24.6 Å². The molecule has 3 nitrogen and oxygen atoms in total. The zero-order valence-corrected chi connectivity index (χ0v) is 12.8. The molecular weight excluding hydrogens is 266 g/mol. The van der Waals surface area contributed by atoms with Crippen LogP contribution < -0.4 is 5.32 Å². The third kappa shape index (κ3) is 4.32. The minimum absolute atomic E-state index is 0.310. The molecule has 2 aromatic rings. The van der Waals surface area contributed by atoms with Crippen LogP contribution in [0.15, 0.2) is 53.9 Å². The SMILES string of the molecule is CCCNC(c1ccccc1)C(C)Sc1ncccn1. The van der Waals surface area contributed by atoms with Gasteiger partial charge in [0.2, 0.25) is 0 Å². The highest BCUT2D eigenvalue weighted by atomic mass is 32.2. The summed E-state index contributed by atoms with van der Waals surface area (Å²) in [6, 6.07) is 12.7. The lowest BCUT2D eigenvalue weighted by atomic mass is 10.0. The molecule has 0 aliphatic carbocycles. The van der Waals surface area contributed by atoms with E-state index in [0.717, 1.165) is 18.1 Å². The number of hydrogen-bond donors (Lipinski definition) is 1. The van der Waals surface area contributed by atoms with Gasteiger partial charge in [0, 0.05) is 23.7 Å². The summed E-state index contributed by atoms with van der Waals surface area (Å²) in [5.74, 6) is 0. The van der Waals surface area contributed by atoms with E-state index in [1.54, 1.807) is 24.2 Å². The van der Waals surface area contributed by atoms with Crippen molar-refractivity contribution in [2.75, 3.05) is 6.54 Å². The van der Waals surface area contributed by atoms with Crippen molar-refractivity contribution < 1.29 is 0 Å². The van der Waals surface area contributed by atoms with Crippen molar-refractivity contribution in [3.8, 4) is 0 Å². The highest BCUT2D eigenvalue weighted by molar-refractivity contribution is 7.99. The summed E-state index contributed by atoms with van der Waals surface area (Å²) < 4.78 is 0. The predicted molar refractivity (Wildman–Crippen MR) is 84.8 cm³/mol. The van der Waals surface area contributed by atoms with Crippen molar-refractivity contribution in [3.05, 3.63) is 54.4 Å². The molecular formula is C16H21N3S. The molecule has 0 radical (unpaired) electrons. The van der Waals surface area contributed by atoms with Crippen LogP contribution in [0, 0.1) is 0 Å². The summed E-state index contributed by atoms with van der Waals surface area (Å²) in [7, 11) is 0. The number of nitrogens with zero attached hydrogens (tertiary/aromatic N) is 2. The number of thioether (sulfide) groups is 1. The minimum atomic E-state index is 0.310. The number of hydrogen-bond acceptors (Lipinski definition) is 4. The second kappa shape index (κ2) is 8.02. The Morgan fingerprint density at radius 1 is 1.10 bits per heavy atom. The Hall–Kier alpha value is -1.39. The van der Waals surface area contributed by atoms with Crippen molar-refractivity contribution in [1.82, 2.24) is 15.3 Å². The first-order chi connectivity index (χ1) is 9.81. The van der Waals surface area contributed by atoms with E-state index >= 15 is 0 Å². The number of aromatic nitrogens is 2. The van der Waals surface area contributed by atoms with Crippen LogP contribution in [0.4, 0.5) is 0 Å². The average Bonchev–Trinajstić information content (AvgIpc) is 2.50. The molecule has 0 saturated carbocycles. The normalized spacial score (nSPS) is 13.9. The average molecular weight is 287 g/mol. The van der Waals surface area contributed by atoms with Crippen LogP contribution in [0.3, 0.4) is 0 Å². The van der Waals surface area contributed by atoms with E-state index in [1.165, 1.54) is 5.56 Å². The molecule has 0 saturated heterocycles. The molecule has 2 atom stereocenters. The van der Waals surface area contributed by atoms with Crippen molar-refractivity contribution in [2.24, 2.45) is 0 Å². The molecule has 106 valence electrons. The van der Waals surface area contributed by atoms with Gasteiger partial charge in [0.05, 0.1) is 0 Å². The Balaban J connectivity index is 2.10. The fourth-order valence-electron chi connectivity index (χ4n) is 2.10. The molecule has 2 rings (SSSR count). The summed E-state index contributed by atoms with van der Waals surface area (Å²) in [5, 5.41) is 4.83. The van der Waals surface area contributed by atoms with Gasteiger partial charge in [-0.1, -0.05) is 55.9 Å². The Bertz CT molecular complexity index is 490. The summed E-state index contributed by atoms with van der Waals surface area (Å²) in [6.07, 6.45) is 4.71. The van der Waals surface area contributed by atoms with Crippen LogP contribution >= 0.6 is 11.8 Å². The lowest BCUT2D eigenvalue weighted by Crippen LogP contribution is -2.29. The van der Waals surface area contributed by atoms with Gasteiger partial charge in [0.25, 0.3) is 0 Å². The van der Waals surface area contributed by atoms with E-state index in [0.29, 0.717) is 11.3 Å². The van der Waals surface area contributed by atoms with Crippen LogP contribution in [-0.4, -0.2) is 21.8 Å². The Labute approximate surface area is 125 Å². The van der Waals surface area contributed by atoms with E-state index in [-0.39, 0.29) is 0 Å². The van der Waals surface area contributed by atoms with Crippen LogP contribution in [0.2, 0.25) is 0 Å². The van der Waals surface area contributed by atoms with Crippen molar-refractivity contribution in [1.29, 1.82) is 0 Å². The molecule has 1 aromatic heterocycles. The van der Waals surface area contributed by atoms with E-state index in [1.807, 2.05) is 6.07 Å². The zero-order chi connectivity index (χ0) is 14.2. The molecule has 0 bridgehead atoms. The summed E-state index contributed by atoms with van der Waals surface area (Å²) in [4.78, 5) is 8.60. The van der Waals surface area contributed by atoms with E-state index in [2.05, 4.69) is 59.5 Å². The van der Waals surface area contributed by atoms with E-state index in [4.69, 9.17) is 0 Å². The summed E-state index contributed by atoms with van der Waals surface area (Å²) >= 11 is 1.71. The van der Waals surface area contributed by atoms with E-state index < -0.39 is 0 Å². The summed E-state index contributed by atoms with van der Waals surface area (Å²) in [5.41, 5.74) is 1.32. The van der Waals surface area contributed by atoms with Gasteiger partial charge in [0.15, 0.2) is 5.16 Å². The van der Waals surface area contributed by atoms with Gasteiger partial charge in [0.1, 0.15) is 0 Å². The molecule has 4 heteroatoms. The third-order valence-electron chi connectivity index (χ3n) is 3.08. The standard InChI is InChI=1S/C16H21N3S/c1-3-10-17-15(14-8-5-4-6-9-14)13(2)20-16-18-11-7-12-19-16/h4-9,11-13,15,17H,3,10H2,1-2H3. The van der Waals surface area contributed by atoms with Gasteiger partial charge < -0.3 is 5.32 Å². The third-order valence-corrected chi connectivity index (χ3v) is 4.14. The van der Waals surface area contributed by atoms with Crippen molar-refractivity contribution in [2.45, 2.75) is 36.7 Å². The van der Waals surface area contributed by atoms with Gasteiger partial charge in [-0.2, -0.15) is 0 Å². The largest absolute Gasteiger partial charge is 0.309 e. The molecule has 0 aliphatic heterocycles. The van der Waals surface area contributed by atoms with E-state index in [9.17, 15) is 0 Å². The maximum absolute atomic E-state index is 4.30. The maximum atomic E-state index is 4.30. The smallest absolute Gasteiger partial charge is 0.187 e. The van der Waals surface area contributed by atoms with Crippen LogP contribution in [0.1, 0.15) is 31.9 Å². The topological polar surface area (TPSA) is 37.8 Å². The molecule has 1 heterocycles. The molecule has 1 aromatic carbocycles. The Morgan fingerprint density at radius 2 is 1.80 bits per heavy atom. The van der Waals surface area contributed by atoms with Gasteiger partial charge in [-0.15, -0.1) is 0 Å². The highest BCUT2D eigenvalue weighted by Gasteiger charge is 2.20. The Kier molecular flexibility index (Phi) is 6.02. The lowest BCUT2D eigenvalue weighted by molar-refractivity contribution is 0.527. The number of benzene rings is 1. The summed E-state index contributed by atoms with van der Waals surface area (Å²) in [6.45, 7) is 5.43. The minimum Gasteiger partial charge on any atom is -0.309 e. The highest BCUT2D eigenvalue weighted by Crippen LogP contribution is 2.29. The molecule has 20 heavy (non-hydrogen) atoms. The van der Waals surface area contributed by atoms with Gasteiger partial charge in [-0.3, -0.25) is 0 Å². The molecule has 2 unspecified atom stereocenters. The first-order valence-electron chi connectivity index (χ1n) is 7.03. The zero-order valence-electron chi connectivity index (χ0n) is 12.0. The van der Waals surface area contributed by atoms with Gasteiger partial charge in [-0.25, -0.2) is 9.97 Å². The second-order valence-corrected chi connectivity index (χ2v) is 6.04. The first kappa shape index (κ1) is 15.0. The first-order valence-corrected chi connectivity index (χ1v) is 7.91. The molecule has 0 amide bonds. The number of nitrogens with one attached hydrogen (secondary N) is 1. The van der Waals surface area contributed by atoms with Crippen molar-refractivity contribution >= 4 is 11.8 Å². The molecule has 1 N–H and O–H groups in total. The predicted octanol–water partition coefficient (Wildman–Crippen LogP) is 3.70. The molecule has 0 fully saturated rings. The fraction of sp³-hybridized carbons (Fsp3) is 0.375. The Morgan fingerprint density at radius 3 is 2.45 bits per heavy atom. The lowest BCUT2D eigenvalue weighted by Gasteiger charge is -2.24. The van der Waals surface area contributed by atoms with Crippen LogP contribution in [-0.2, 0) is 0 Å². The second-order valence-electron chi connectivity index (χ2n) is 4.70. The van der Waals surface area contributed by atoms with Crippen LogP contribution in [0.5, 0.6) is 0 Å². The maximum Gasteiger partial charge on any atom is 0.187 e. The van der Waals surface area contributed by atoms with Crippen molar-refractivity contribution in [3.63, 3.8) is 0 Å². The monoisotopic (exact) mass is 287 g/mol. The number of rotatable bonds is 7.